The fraction of sp³-hybridized carbons (Fsp3) is 0.471. The van der Waals surface area contributed by atoms with Crippen LogP contribution in [0.5, 0.6) is 0 Å². The highest BCUT2D eigenvalue weighted by molar-refractivity contribution is 7.12. The zero-order chi connectivity index (χ0) is 14.8. The van der Waals surface area contributed by atoms with Crippen molar-refractivity contribution >= 4 is 17.2 Å². The number of thiophene rings is 1. The fourth-order valence-corrected chi connectivity index (χ4v) is 4.08. The SMILES string of the molecule is Cc1ccsc1C(=O)N1CCCCCC1c1cccn1C. The summed E-state index contributed by atoms with van der Waals surface area (Å²) in [4.78, 5) is 16.0. The standard InChI is InChI=1S/C17H22N2OS/c1-13-9-12-21-16(13)17(20)19-11-5-3-4-7-15(19)14-8-6-10-18(14)2/h6,8-10,12,15H,3-5,7,11H2,1-2H3. The van der Waals surface area contributed by atoms with E-state index in [9.17, 15) is 4.79 Å². The Hall–Kier alpha value is -1.55. The van der Waals surface area contributed by atoms with Crippen molar-refractivity contribution in [2.45, 2.75) is 38.6 Å². The van der Waals surface area contributed by atoms with Gasteiger partial charge >= 0.3 is 0 Å². The predicted octanol–water partition coefficient (Wildman–Crippen LogP) is 4.15. The first-order chi connectivity index (χ1) is 10.2. The second kappa shape index (κ2) is 6.06. The maximum Gasteiger partial charge on any atom is 0.264 e. The molecule has 1 amide bonds. The topological polar surface area (TPSA) is 25.2 Å². The number of carbonyl (C=O) groups is 1. The van der Waals surface area contributed by atoms with E-state index < -0.39 is 0 Å². The van der Waals surface area contributed by atoms with Gasteiger partial charge in [-0.2, -0.15) is 0 Å². The molecule has 21 heavy (non-hydrogen) atoms. The van der Waals surface area contributed by atoms with Crippen LogP contribution in [-0.2, 0) is 7.05 Å². The van der Waals surface area contributed by atoms with Gasteiger partial charge in [-0.1, -0.05) is 12.8 Å². The number of nitrogens with zero attached hydrogens (tertiary/aromatic N) is 2. The van der Waals surface area contributed by atoms with E-state index in [0.29, 0.717) is 0 Å². The summed E-state index contributed by atoms with van der Waals surface area (Å²) in [5.41, 5.74) is 2.35. The van der Waals surface area contributed by atoms with Crippen molar-refractivity contribution in [2.75, 3.05) is 6.54 Å². The van der Waals surface area contributed by atoms with Gasteiger partial charge in [-0.15, -0.1) is 11.3 Å². The number of amides is 1. The summed E-state index contributed by atoms with van der Waals surface area (Å²) >= 11 is 1.56. The van der Waals surface area contributed by atoms with Crippen LogP contribution >= 0.6 is 11.3 Å². The molecule has 1 saturated heterocycles. The molecule has 0 radical (unpaired) electrons. The second-order valence-electron chi connectivity index (χ2n) is 5.84. The zero-order valence-electron chi connectivity index (χ0n) is 12.7. The molecule has 0 aliphatic carbocycles. The average molecular weight is 302 g/mol. The van der Waals surface area contributed by atoms with E-state index >= 15 is 0 Å². The summed E-state index contributed by atoms with van der Waals surface area (Å²) < 4.78 is 2.15. The van der Waals surface area contributed by atoms with Gasteiger partial charge in [0, 0.05) is 25.5 Å². The Balaban J connectivity index is 1.94. The predicted molar refractivity (Wildman–Crippen MR) is 86.7 cm³/mol. The van der Waals surface area contributed by atoms with Crippen molar-refractivity contribution in [2.24, 2.45) is 7.05 Å². The molecule has 0 aromatic carbocycles. The lowest BCUT2D eigenvalue weighted by Crippen LogP contribution is -2.35. The van der Waals surface area contributed by atoms with E-state index in [1.54, 1.807) is 11.3 Å². The van der Waals surface area contributed by atoms with Crippen LogP contribution in [0, 0.1) is 6.92 Å². The molecule has 1 atom stereocenters. The quantitative estimate of drug-likeness (QED) is 0.818. The van der Waals surface area contributed by atoms with Gasteiger partial charge in [-0.3, -0.25) is 4.79 Å². The molecule has 1 unspecified atom stereocenters. The van der Waals surface area contributed by atoms with E-state index in [1.807, 2.05) is 18.4 Å². The molecule has 2 aromatic rings. The van der Waals surface area contributed by atoms with E-state index in [2.05, 4.69) is 34.8 Å². The lowest BCUT2D eigenvalue weighted by molar-refractivity contribution is 0.0679. The van der Waals surface area contributed by atoms with Crippen molar-refractivity contribution in [3.8, 4) is 0 Å². The summed E-state index contributed by atoms with van der Waals surface area (Å²) in [5.74, 6) is 0.204. The Morgan fingerprint density at radius 3 is 2.81 bits per heavy atom. The van der Waals surface area contributed by atoms with Crippen LogP contribution in [0.2, 0.25) is 0 Å². The fourth-order valence-electron chi connectivity index (χ4n) is 3.20. The van der Waals surface area contributed by atoms with Gasteiger partial charge in [0.1, 0.15) is 0 Å². The number of carbonyl (C=O) groups excluding carboxylic acids is 1. The molecule has 3 rings (SSSR count). The number of rotatable bonds is 2. The van der Waals surface area contributed by atoms with Crippen molar-refractivity contribution < 1.29 is 4.79 Å². The molecular formula is C17H22N2OS. The monoisotopic (exact) mass is 302 g/mol. The Morgan fingerprint density at radius 2 is 2.14 bits per heavy atom. The van der Waals surface area contributed by atoms with E-state index in [-0.39, 0.29) is 11.9 Å². The summed E-state index contributed by atoms with van der Waals surface area (Å²) in [6.45, 7) is 2.89. The van der Waals surface area contributed by atoms with Crippen LogP contribution in [0.3, 0.4) is 0 Å². The lowest BCUT2D eigenvalue weighted by atomic mass is 10.1. The van der Waals surface area contributed by atoms with E-state index in [1.165, 1.54) is 18.5 Å². The Bertz CT molecular complexity index is 628. The minimum absolute atomic E-state index is 0.204. The zero-order valence-corrected chi connectivity index (χ0v) is 13.5. The highest BCUT2D eigenvalue weighted by atomic mass is 32.1. The molecule has 1 aliphatic rings. The van der Waals surface area contributed by atoms with Crippen molar-refractivity contribution in [1.29, 1.82) is 0 Å². The van der Waals surface area contributed by atoms with E-state index in [0.717, 1.165) is 29.8 Å². The molecule has 4 heteroatoms. The minimum Gasteiger partial charge on any atom is -0.353 e. The Labute approximate surface area is 130 Å². The molecule has 3 nitrogen and oxygen atoms in total. The van der Waals surface area contributed by atoms with Crippen LogP contribution in [0.25, 0.3) is 0 Å². The number of hydrogen-bond donors (Lipinski definition) is 0. The molecule has 0 saturated carbocycles. The Morgan fingerprint density at radius 1 is 1.29 bits per heavy atom. The third-order valence-corrected chi connectivity index (χ3v) is 5.40. The van der Waals surface area contributed by atoms with Crippen LogP contribution in [-0.4, -0.2) is 21.9 Å². The molecular weight excluding hydrogens is 280 g/mol. The molecule has 112 valence electrons. The number of likely N-dealkylation sites (tertiary alicyclic amines) is 1. The minimum atomic E-state index is 0.204. The first-order valence-electron chi connectivity index (χ1n) is 7.65. The van der Waals surface area contributed by atoms with Crippen molar-refractivity contribution in [1.82, 2.24) is 9.47 Å². The lowest BCUT2D eigenvalue weighted by Gasteiger charge is -2.30. The number of aryl methyl sites for hydroxylation is 2. The van der Waals surface area contributed by atoms with Gasteiger partial charge < -0.3 is 9.47 Å². The molecule has 2 aromatic heterocycles. The largest absolute Gasteiger partial charge is 0.353 e. The summed E-state index contributed by atoms with van der Waals surface area (Å²) in [6, 6.07) is 6.46. The van der Waals surface area contributed by atoms with Gasteiger partial charge in [-0.25, -0.2) is 0 Å². The van der Waals surface area contributed by atoms with Crippen LogP contribution in [0.15, 0.2) is 29.8 Å². The molecule has 0 N–H and O–H groups in total. The molecule has 1 fully saturated rings. The number of aromatic nitrogens is 1. The van der Waals surface area contributed by atoms with Crippen LogP contribution in [0.4, 0.5) is 0 Å². The van der Waals surface area contributed by atoms with Crippen LogP contribution < -0.4 is 0 Å². The highest BCUT2D eigenvalue weighted by Crippen LogP contribution is 2.32. The Kier molecular flexibility index (Phi) is 4.15. The maximum absolute atomic E-state index is 13.0. The summed E-state index contributed by atoms with van der Waals surface area (Å²) in [6.07, 6.45) is 6.65. The van der Waals surface area contributed by atoms with Crippen molar-refractivity contribution in [3.05, 3.63) is 45.9 Å². The molecule has 1 aliphatic heterocycles. The van der Waals surface area contributed by atoms with Crippen molar-refractivity contribution in [3.63, 3.8) is 0 Å². The van der Waals surface area contributed by atoms with Gasteiger partial charge in [0.05, 0.1) is 10.9 Å². The molecule has 0 bridgehead atoms. The van der Waals surface area contributed by atoms with Gasteiger partial charge in [-0.05, 0) is 48.9 Å². The van der Waals surface area contributed by atoms with Gasteiger partial charge in [0.25, 0.3) is 5.91 Å². The number of hydrogen-bond acceptors (Lipinski definition) is 2. The first-order valence-corrected chi connectivity index (χ1v) is 8.52. The third-order valence-electron chi connectivity index (χ3n) is 4.40. The normalized spacial score (nSPS) is 19.5. The van der Waals surface area contributed by atoms with Gasteiger partial charge in [0.2, 0.25) is 0 Å². The summed E-state index contributed by atoms with van der Waals surface area (Å²) in [5, 5.41) is 2.01. The first kappa shape index (κ1) is 14.4. The summed E-state index contributed by atoms with van der Waals surface area (Å²) in [7, 11) is 2.07. The average Bonchev–Trinajstić information content (AvgIpc) is 3.00. The van der Waals surface area contributed by atoms with Gasteiger partial charge in [0.15, 0.2) is 0 Å². The van der Waals surface area contributed by atoms with E-state index in [4.69, 9.17) is 0 Å². The highest BCUT2D eigenvalue weighted by Gasteiger charge is 2.29. The molecule has 3 heterocycles. The van der Waals surface area contributed by atoms with Crippen LogP contribution in [0.1, 0.15) is 52.7 Å². The smallest absolute Gasteiger partial charge is 0.264 e. The maximum atomic E-state index is 13.0. The third kappa shape index (κ3) is 2.77. The molecule has 0 spiro atoms. The second-order valence-corrected chi connectivity index (χ2v) is 6.76.